The van der Waals surface area contributed by atoms with Gasteiger partial charge >= 0.3 is 5.97 Å². The van der Waals surface area contributed by atoms with Crippen molar-refractivity contribution < 1.29 is 19.4 Å². The maximum absolute atomic E-state index is 11.3. The van der Waals surface area contributed by atoms with Crippen molar-refractivity contribution in [2.75, 3.05) is 0 Å². The molecule has 0 saturated heterocycles. The van der Waals surface area contributed by atoms with E-state index in [1.54, 1.807) is 0 Å². The Morgan fingerprint density at radius 1 is 0.967 bits per heavy atom. The van der Waals surface area contributed by atoms with Crippen LogP contribution in [-0.2, 0) is 27.2 Å². The highest BCUT2D eigenvalue weighted by Gasteiger charge is 2.49. The lowest BCUT2D eigenvalue weighted by atomic mass is 9.88. The molecule has 1 aromatic rings. The van der Waals surface area contributed by atoms with Crippen LogP contribution in [-0.4, -0.2) is 23.1 Å². The molecule has 0 unspecified atom stereocenters. The third-order valence-electron chi connectivity index (χ3n) is 7.69. The van der Waals surface area contributed by atoms with Crippen molar-refractivity contribution >= 4 is 12.4 Å². The van der Waals surface area contributed by atoms with Gasteiger partial charge in [0.2, 0.25) is 0 Å². The quantitative estimate of drug-likeness (QED) is 0.300. The summed E-state index contributed by atoms with van der Waals surface area (Å²) in [4.78, 5) is 21.9. The molecule has 0 aromatic heterocycles. The van der Waals surface area contributed by atoms with E-state index in [2.05, 4.69) is 26.8 Å². The molecule has 0 bridgehead atoms. The molecule has 2 fully saturated rings. The summed E-state index contributed by atoms with van der Waals surface area (Å²) in [6.07, 6.45) is 13.3. The Kier molecular flexibility index (Phi) is 7.26. The smallest absolute Gasteiger partial charge is 0.309 e. The first-order chi connectivity index (χ1) is 14.3. The molecule has 4 nitrogen and oxygen atoms in total. The Morgan fingerprint density at radius 3 is 2.23 bits per heavy atom. The van der Waals surface area contributed by atoms with Crippen LogP contribution in [0.2, 0.25) is 0 Å². The number of benzene rings is 1. The second-order valence-electron chi connectivity index (χ2n) is 9.83. The van der Waals surface area contributed by atoms with Crippen LogP contribution in [0.1, 0.15) is 98.4 Å². The van der Waals surface area contributed by atoms with Crippen molar-refractivity contribution in [1.29, 1.82) is 0 Å². The molecule has 2 aliphatic carbocycles. The number of rotatable bonds is 14. The lowest BCUT2D eigenvalue weighted by molar-refractivity contribution is -0.143. The normalized spacial score (nSPS) is 18.1. The Labute approximate surface area is 181 Å². The summed E-state index contributed by atoms with van der Waals surface area (Å²) in [6.45, 7) is 7.32. The van der Waals surface area contributed by atoms with E-state index in [1.807, 2.05) is 0 Å². The lowest BCUT2D eigenvalue weighted by Crippen LogP contribution is -2.14. The first kappa shape index (κ1) is 22.8. The maximum atomic E-state index is 11.3. The van der Waals surface area contributed by atoms with Gasteiger partial charge in [-0.1, -0.05) is 18.9 Å². The number of carbonyl (C=O) groups is 2. The standard InChI is InChI=1S/C26H38O4/c1-19-17-22(9-5-4-7-11-25(13-14-25)24(28)29)21(3)23(20(19)2)10-6-8-12-26(15-16-26)30-18-27/h17-18H,4-16H2,1-3H3,(H,28,29). The summed E-state index contributed by atoms with van der Waals surface area (Å²) in [7, 11) is 0. The molecule has 3 rings (SSSR count). The number of hydrogen-bond donors (Lipinski definition) is 1. The zero-order valence-corrected chi connectivity index (χ0v) is 19.0. The van der Waals surface area contributed by atoms with Crippen LogP contribution >= 0.6 is 0 Å². The number of unbranched alkanes of at least 4 members (excludes halogenated alkanes) is 3. The van der Waals surface area contributed by atoms with E-state index in [0.717, 1.165) is 83.5 Å². The highest BCUT2D eigenvalue weighted by molar-refractivity contribution is 5.77. The number of hydrogen-bond acceptors (Lipinski definition) is 3. The number of aliphatic carboxylic acids is 1. The van der Waals surface area contributed by atoms with Crippen molar-refractivity contribution in [3.8, 4) is 0 Å². The fourth-order valence-corrected chi connectivity index (χ4v) is 4.92. The number of carboxylic acid groups (broad SMARTS) is 1. The van der Waals surface area contributed by atoms with Crippen molar-refractivity contribution in [3.63, 3.8) is 0 Å². The average molecular weight is 415 g/mol. The SMILES string of the molecule is Cc1cc(CCCCCC2(C(=O)O)CC2)c(C)c(CCCCC2(OC=O)CC2)c1C. The molecule has 4 heteroatoms. The van der Waals surface area contributed by atoms with E-state index >= 15 is 0 Å². The molecule has 0 heterocycles. The molecular formula is C26H38O4. The Morgan fingerprint density at radius 2 is 1.63 bits per heavy atom. The summed E-state index contributed by atoms with van der Waals surface area (Å²) < 4.78 is 5.27. The predicted octanol–water partition coefficient (Wildman–Crippen LogP) is 6.00. The third kappa shape index (κ3) is 5.44. The van der Waals surface area contributed by atoms with Gasteiger partial charge in [0, 0.05) is 0 Å². The summed E-state index contributed by atoms with van der Waals surface area (Å²) >= 11 is 0. The first-order valence-corrected chi connectivity index (χ1v) is 11.8. The summed E-state index contributed by atoms with van der Waals surface area (Å²) in [5.74, 6) is -0.595. The Balaban J connectivity index is 1.47. The molecule has 166 valence electrons. The van der Waals surface area contributed by atoms with E-state index < -0.39 is 5.97 Å². The number of carbonyl (C=O) groups excluding carboxylic acids is 1. The van der Waals surface area contributed by atoms with Crippen molar-refractivity contribution in [3.05, 3.63) is 33.9 Å². The second-order valence-corrected chi connectivity index (χ2v) is 9.83. The Bertz CT molecular complexity index is 772. The van der Waals surface area contributed by atoms with E-state index in [4.69, 9.17) is 4.74 Å². The van der Waals surface area contributed by atoms with Crippen LogP contribution in [0.5, 0.6) is 0 Å². The van der Waals surface area contributed by atoms with E-state index in [9.17, 15) is 14.7 Å². The first-order valence-electron chi connectivity index (χ1n) is 11.8. The molecule has 0 amide bonds. The van der Waals surface area contributed by atoms with Crippen LogP contribution < -0.4 is 0 Å². The highest BCUT2D eigenvalue weighted by atomic mass is 16.5. The van der Waals surface area contributed by atoms with Crippen LogP contribution in [0.3, 0.4) is 0 Å². The molecular weight excluding hydrogens is 376 g/mol. The van der Waals surface area contributed by atoms with E-state index in [0.29, 0.717) is 6.47 Å². The van der Waals surface area contributed by atoms with E-state index in [-0.39, 0.29) is 11.0 Å². The monoisotopic (exact) mass is 414 g/mol. The zero-order valence-electron chi connectivity index (χ0n) is 19.0. The number of ether oxygens (including phenoxy) is 1. The van der Waals surface area contributed by atoms with Gasteiger partial charge in [-0.3, -0.25) is 9.59 Å². The molecule has 0 spiro atoms. The van der Waals surface area contributed by atoms with Gasteiger partial charge in [-0.15, -0.1) is 0 Å². The molecule has 1 N–H and O–H groups in total. The van der Waals surface area contributed by atoms with Gasteiger partial charge < -0.3 is 9.84 Å². The van der Waals surface area contributed by atoms with Crippen LogP contribution in [0.15, 0.2) is 6.07 Å². The van der Waals surface area contributed by atoms with Gasteiger partial charge in [0.25, 0.3) is 6.47 Å². The highest BCUT2D eigenvalue weighted by Crippen LogP contribution is 2.50. The minimum atomic E-state index is -0.595. The van der Waals surface area contributed by atoms with Crippen molar-refractivity contribution in [1.82, 2.24) is 0 Å². The predicted molar refractivity (Wildman–Crippen MR) is 119 cm³/mol. The van der Waals surface area contributed by atoms with Gasteiger partial charge in [0.1, 0.15) is 5.60 Å². The molecule has 1 aromatic carbocycles. The van der Waals surface area contributed by atoms with Gasteiger partial charge in [0.05, 0.1) is 5.41 Å². The fourth-order valence-electron chi connectivity index (χ4n) is 4.92. The average Bonchev–Trinajstić information content (AvgIpc) is 3.62. The summed E-state index contributed by atoms with van der Waals surface area (Å²) in [6, 6.07) is 2.35. The lowest BCUT2D eigenvalue weighted by Gasteiger charge is -2.18. The third-order valence-corrected chi connectivity index (χ3v) is 7.69. The molecule has 2 saturated carbocycles. The van der Waals surface area contributed by atoms with Crippen molar-refractivity contribution in [2.45, 2.75) is 110 Å². The minimum Gasteiger partial charge on any atom is -0.481 e. The van der Waals surface area contributed by atoms with Crippen molar-refractivity contribution in [2.24, 2.45) is 5.41 Å². The van der Waals surface area contributed by atoms with Crippen LogP contribution in [0.25, 0.3) is 0 Å². The van der Waals surface area contributed by atoms with E-state index in [1.165, 1.54) is 27.8 Å². The topological polar surface area (TPSA) is 63.6 Å². The number of aryl methyl sites for hydroxylation is 2. The van der Waals surface area contributed by atoms with Crippen LogP contribution in [0, 0.1) is 26.2 Å². The van der Waals surface area contributed by atoms with Gasteiger partial charge in [-0.2, -0.15) is 0 Å². The van der Waals surface area contributed by atoms with Gasteiger partial charge in [-0.05, 0) is 119 Å². The summed E-state index contributed by atoms with van der Waals surface area (Å²) in [5.41, 5.74) is 6.66. The van der Waals surface area contributed by atoms with Gasteiger partial charge in [0.15, 0.2) is 0 Å². The molecule has 0 atom stereocenters. The molecule has 2 aliphatic rings. The molecule has 0 radical (unpaired) electrons. The van der Waals surface area contributed by atoms with Gasteiger partial charge in [-0.25, -0.2) is 0 Å². The minimum absolute atomic E-state index is 0.136. The zero-order chi connectivity index (χ0) is 21.8. The number of carboxylic acids is 1. The fraction of sp³-hybridized carbons (Fsp3) is 0.692. The second kappa shape index (κ2) is 9.53. The Hall–Kier alpha value is -1.84. The van der Waals surface area contributed by atoms with Crippen LogP contribution in [0.4, 0.5) is 0 Å². The molecule has 0 aliphatic heterocycles. The maximum Gasteiger partial charge on any atom is 0.309 e. The largest absolute Gasteiger partial charge is 0.481 e. The summed E-state index contributed by atoms with van der Waals surface area (Å²) in [5, 5.41) is 9.30. The molecule has 30 heavy (non-hydrogen) atoms.